The van der Waals surface area contributed by atoms with Crippen LogP contribution >= 0.6 is 0 Å². The third kappa shape index (κ3) is 3.55. The van der Waals surface area contributed by atoms with E-state index in [2.05, 4.69) is 16.7 Å². The number of piperazine rings is 1. The highest BCUT2D eigenvalue weighted by Gasteiger charge is 2.30. The molecule has 3 heteroatoms. The van der Waals surface area contributed by atoms with Crippen LogP contribution < -0.4 is 5.73 Å². The monoisotopic (exact) mass is 279 g/mol. The zero-order valence-corrected chi connectivity index (χ0v) is 13.3. The standard InChI is InChI=1S/C17H33N3/c1-14-6-7-17(18)15(12-14)13-19-8-10-20(11-9-19)16-4-2-3-5-16/h14-17H,2-13,18H2,1H3. The predicted molar refractivity (Wildman–Crippen MR) is 84.7 cm³/mol. The number of nitrogens with two attached hydrogens (primary N) is 1. The number of hydrogen-bond acceptors (Lipinski definition) is 3. The number of hydrogen-bond donors (Lipinski definition) is 1. The first-order valence-electron chi connectivity index (χ1n) is 8.94. The summed E-state index contributed by atoms with van der Waals surface area (Å²) in [5.41, 5.74) is 6.35. The molecular weight excluding hydrogens is 246 g/mol. The van der Waals surface area contributed by atoms with Crippen molar-refractivity contribution in [2.45, 2.75) is 64.0 Å². The molecule has 2 aliphatic carbocycles. The van der Waals surface area contributed by atoms with Crippen molar-refractivity contribution >= 4 is 0 Å². The average molecular weight is 279 g/mol. The summed E-state index contributed by atoms with van der Waals surface area (Å²) in [5, 5.41) is 0. The lowest BCUT2D eigenvalue weighted by Gasteiger charge is -2.41. The van der Waals surface area contributed by atoms with Gasteiger partial charge in [-0.05, 0) is 43.9 Å². The van der Waals surface area contributed by atoms with Crippen LogP contribution in [0.25, 0.3) is 0 Å². The molecule has 0 radical (unpaired) electrons. The van der Waals surface area contributed by atoms with Gasteiger partial charge in [-0.3, -0.25) is 4.90 Å². The second-order valence-electron chi connectivity index (χ2n) is 7.62. The largest absolute Gasteiger partial charge is 0.327 e. The molecule has 3 fully saturated rings. The van der Waals surface area contributed by atoms with Gasteiger partial charge in [0.05, 0.1) is 0 Å². The van der Waals surface area contributed by atoms with Crippen LogP contribution in [0.1, 0.15) is 51.9 Å². The van der Waals surface area contributed by atoms with Gasteiger partial charge in [0.1, 0.15) is 0 Å². The lowest BCUT2D eigenvalue weighted by atomic mass is 9.79. The Bertz CT molecular complexity index is 293. The van der Waals surface area contributed by atoms with Gasteiger partial charge in [-0.2, -0.15) is 0 Å². The zero-order chi connectivity index (χ0) is 13.9. The van der Waals surface area contributed by atoms with Crippen LogP contribution in [0.4, 0.5) is 0 Å². The van der Waals surface area contributed by atoms with Crippen molar-refractivity contribution in [2.24, 2.45) is 17.6 Å². The van der Waals surface area contributed by atoms with E-state index in [9.17, 15) is 0 Å². The molecule has 0 spiro atoms. The van der Waals surface area contributed by atoms with Gasteiger partial charge in [-0.15, -0.1) is 0 Å². The molecule has 0 aromatic carbocycles. The fourth-order valence-electron chi connectivity index (χ4n) is 4.64. The van der Waals surface area contributed by atoms with Crippen molar-refractivity contribution < 1.29 is 0 Å². The molecule has 116 valence electrons. The fraction of sp³-hybridized carbons (Fsp3) is 1.00. The lowest BCUT2D eigenvalue weighted by molar-refractivity contribution is 0.0746. The Morgan fingerprint density at radius 2 is 1.65 bits per heavy atom. The number of rotatable bonds is 3. The molecule has 1 aliphatic heterocycles. The van der Waals surface area contributed by atoms with E-state index >= 15 is 0 Å². The molecule has 3 atom stereocenters. The van der Waals surface area contributed by atoms with E-state index in [-0.39, 0.29) is 0 Å². The Kier molecular flexibility index (Phi) is 5.00. The Morgan fingerprint density at radius 1 is 0.950 bits per heavy atom. The van der Waals surface area contributed by atoms with Crippen LogP contribution in [-0.4, -0.2) is 54.6 Å². The summed E-state index contributed by atoms with van der Waals surface area (Å²) in [7, 11) is 0. The van der Waals surface area contributed by atoms with Crippen molar-refractivity contribution in [1.82, 2.24) is 9.80 Å². The SMILES string of the molecule is CC1CCC(N)C(CN2CCN(C3CCCC3)CC2)C1. The van der Waals surface area contributed by atoms with E-state index in [1.54, 1.807) is 0 Å². The second kappa shape index (κ2) is 6.76. The Hall–Kier alpha value is -0.120. The predicted octanol–water partition coefficient (Wildman–Crippen LogP) is 2.31. The molecule has 2 saturated carbocycles. The molecular formula is C17H33N3. The molecule has 1 heterocycles. The summed E-state index contributed by atoms with van der Waals surface area (Å²) >= 11 is 0. The van der Waals surface area contributed by atoms with Crippen LogP contribution in [-0.2, 0) is 0 Å². The molecule has 3 rings (SSSR count). The summed E-state index contributed by atoms with van der Waals surface area (Å²) in [5.74, 6) is 1.64. The molecule has 0 bridgehead atoms. The van der Waals surface area contributed by atoms with Crippen LogP contribution in [0.3, 0.4) is 0 Å². The maximum Gasteiger partial charge on any atom is 0.0113 e. The summed E-state index contributed by atoms with van der Waals surface area (Å²) in [6.07, 6.45) is 9.75. The van der Waals surface area contributed by atoms with Gasteiger partial charge in [0.15, 0.2) is 0 Å². The maximum atomic E-state index is 6.35. The Labute approximate surface area is 124 Å². The summed E-state index contributed by atoms with van der Waals surface area (Å²) < 4.78 is 0. The van der Waals surface area contributed by atoms with Gasteiger partial charge >= 0.3 is 0 Å². The van der Waals surface area contributed by atoms with Crippen molar-refractivity contribution in [3.63, 3.8) is 0 Å². The minimum absolute atomic E-state index is 0.457. The highest BCUT2D eigenvalue weighted by Crippen LogP contribution is 2.29. The van der Waals surface area contributed by atoms with Crippen LogP contribution in [0.2, 0.25) is 0 Å². The Balaban J connectivity index is 1.43. The molecule has 0 aromatic heterocycles. The third-order valence-corrected chi connectivity index (χ3v) is 6.04. The smallest absolute Gasteiger partial charge is 0.0113 e. The summed E-state index contributed by atoms with van der Waals surface area (Å²) in [6, 6.07) is 1.37. The highest BCUT2D eigenvalue weighted by molar-refractivity contribution is 4.86. The minimum atomic E-state index is 0.457. The topological polar surface area (TPSA) is 32.5 Å². The van der Waals surface area contributed by atoms with Crippen LogP contribution in [0, 0.1) is 11.8 Å². The molecule has 0 aromatic rings. The van der Waals surface area contributed by atoms with Crippen molar-refractivity contribution in [2.75, 3.05) is 32.7 Å². The van der Waals surface area contributed by atoms with E-state index < -0.39 is 0 Å². The quantitative estimate of drug-likeness (QED) is 0.860. The normalized spacial score (nSPS) is 38.4. The Morgan fingerprint density at radius 3 is 2.35 bits per heavy atom. The fourth-order valence-corrected chi connectivity index (χ4v) is 4.64. The maximum absolute atomic E-state index is 6.35. The van der Waals surface area contributed by atoms with E-state index in [1.165, 1.54) is 77.7 Å². The van der Waals surface area contributed by atoms with E-state index in [4.69, 9.17) is 5.73 Å². The molecule has 3 nitrogen and oxygen atoms in total. The van der Waals surface area contributed by atoms with E-state index in [0.29, 0.717) is 6.04 Å². The van der Waals surface area contributed by atoms with Gasteiger partial charge in [0.2, 0.25) is 0 Å². The lowest BCUT2D eigenvalue weighted by Crippen LogP contribution is -2.52. The highest BCUT2D eigenvalue weighted by atomic mass is 15.3. The van der Waals surface area contributed by atoms with E-state index in [0.717, 1.165) is 17.9 Å². The average Bonchev–Trinajstić information content (AvgIpc) is 2.98. The molecule has 3 unspecified atom stereocenters. The van der Waals surface area contributed by atoms with Crippen molar-refractivity contribution in [3.05, 3.63) is 0 Å². The van der Waals surface area contributed by atoms with E-state index in [1.807, 2.05) is 0 Å². The first-order chi connectivity index (χ1) is 9.72. The van der Waals surface area contributed by atoms with Gasteiger partial charge in [-0.1, -0.05) is 19.8 Å². The van der Waals surface area contributed by atoms with Gasteiger partial charge in [0.25, 0.3) is 0 Å². The molecule has 20 heavy (non-hydrogen) atoms. The number of nitrogens with zero attached hydrogens (tertiary/aromatic N) is 2. The molecule has 1 saturated heterocycles. The first-order valence-corrected chi connectivity index (χ1v) is 8.94. The van der Waals surface area contributed by atoms with Crippen molar-refractivity contribution in [1.29, 1.82) is 0 Å². The molecule has 0 amide bonds. The van der Waals surface area contributed by atoms with Gasteiger partial charge < -0.3 is 10.6 Å². The van der Waals surface area contributed by atoms with Gasteiger partial charge in [0, 0.05) is 44.8 Å². The second-order valence-corrected chi connectivity index (χ2v) is 7.62. The first kappa shape index (κ1) is 14.8. The minimum Gasteiger partial charge on any atom is -0.327 e. The van der Waals surface area contributed by atoms with Crippen molar-refractivity contribution in [3.8, 4) is 0 Å². The summed E-state index contributed by atoms with van der Waals surface area (Å²) in [4.78, 5) is 5.45. The summed E-state index contributed by atoms with van der Waals surface area (Å²) in [6.45, 7) is 8.79. The van der Waals surface area contributed by atoms with Gasteiger partial charge in [-0.25, -0.2) is 0 Å². The molecule has 2 N–H and O–H groups in total. The zero-order valence-electron chi connectivity index (χ0n) is 13.3. The third-order valence-electron chi connectivity index (χ3n) is 6.04. The molecule has 3 aliphatic rings. The van der Waals surface area contributed by atoms with Crippen LogP contribution in [0.15, 0.2) is 0 Å². The van der Waals surface area contributed by atoms with Crippen LogP contribution in [0.5, 0.6) is 0 Å².